The number of aromatic nitrogens is 1. The Balaban J connectivity index is 1.58. The number of hydrogen-bond donors (Lipinski definition) is 0. The van der Waals surface area contributed by atoms with Gasteiger partial charge in [-0.05, 0) is 37.7 Å². The summed E-state index contributed by atoms with van der Waals surface area (Å²) in [6.45, 7) is 5.29. The third-order valence-electron chi connectivity index (χ3n) is 6.06. The van der Waals surface area contributed by atoms with E-state index in [1.54, 1.807) is 11.1 Å². The van der Waals surface area contributed by atoms with Gasteiger partial charge in [0.2, 0.25) is 5.91 Å². The lowest BCUT2D eigenvalue weighted by molar-refractivity contribution is -0.133. The molecule has 0 spiro atoms. The lowest BCUT2D eigenvalue weighted by Gasteiger charge is -2.30. The summed E-state index contributed by atoms with van der Waals surface area (Å²) in [6.07, 6.45) is 5.65. The summed E-state index contributed by atoms with van der Waals surface area (Å²) < 4.78 is 1.82. The Morgan fingerprint density at radius 1 is 0.964 bits per heavy atom. The number of carbonyl (C=O) groups is 3. The number of rotatable bonds is 4. The molecular weight excluding hydrogens is 354 g/mol. The van der Waals surface area contributed by atoms with Crippen molar-refractivity contribution in [1.29, 1.82) is 0 Å². The topological polar surface area (TPSA) is 62.6 Å². The van der Waals surface area contributed by atoms with Crippen LogP contribution in [0.5, 0.6) is 0 Å². The van der Waals surface area contributed by atoms with E-state index in [4.69, 9.17) is 0 Å². The fraction of sp³-hybridized carbons (Fsp3) is 0.500. The minimum Gasteiger partial charge on any atom is -0.341 e. The highest BCUT2D eigenvalue weighted by Crippen LogP contribution is 2.24. The Labute approximate surface area is 165 Å². The van der Waals surface area contributed by atoms with Gasteiger partial charge < -0.3 is 14.4 Å². The number of Topliss-reactive ketones (excluding diaryl/α,β-unsaturated/α-hetero) is 1. The van der Waals surface area contributed by atoms with E-state index in [9.17, 15) is 14.4 Å². The molecule has 0 atom stereocenters. The molecule has 2 aliphatic heterocycles. The Hall–Kier alpha value is -2.63. The highest BCUT2D eigenvalue weighted by atomic mass is 16.2. The van der Waals surface area contributed by atoms with Crippen molar-refractivity contribution in [3.8, 4) is 0 Å². The number of ketones is 1. The SMILES string of the molecule is CC1CCN(C(=O)Cn2cc(C(=O)C(=O)N3CCCC3)c3ccccc32)CC1. The molecule has 0 saturated carbocycles. The van der Waals surface area contributed by atoms with E-state index in [0.717, 1.165) is 49.7 Å². The van der Waals surface area contributed by atoms with Gasteiger partial charge in [-0.1, -0.05) is 25.1 Å². The molecule has 0 unspecified atom stereocenters. The Kier molecular flexibility index (Phi) is 5.20. The van der Waals surface area contributed by atoms with E-state index in [0.29, 0.717) is 24.6 Å². The highest BCUT2D eigenvalue weighted by molar-refractivity contribution is 6.44. The molecule has 0 aliphatic carbocycles. The van der Waals surface area contributed by atoms with Gasteiger partial charge in [0.1, 0.15) is 6.54 Å². The van der Waals surface area contributed by atoms with Crippen molar-refractivity contribution in [2.24, 2.45) is 5.92 Å². The number of nitrogens with zero attached hydrogens (tertiary/aromatic N) is 3. The summed E-state index contributed by atoms with van der Waals surface area (Å²) >= 11 is 0. The maximum Gasteiger partial charge on any atom is 0.295 e. The predicted octanol–water partition coefficient (Wildman–Crippen LogP) is 2.70. The molecule has 2 fully saturated rings. The molecule has 0 N–H and O–H groups in total. The van der Waals surface area contributed by atoms with Crippen LogP contribution in [0.25, 0.3) is 10.9 Å². The van der Waals surface area contributed by atoms with Crippen molar-refractivity contribution in [1.82, 2.24) is 14.4 Å². The molecule has 148 valence electrons. The zero-order chi connectivity index (χ0) is 19.7. The average molecular weight is 381 g/mol. The molecule has 6 heteroatoms. The van der Waals surface area contributed by atoms with Gasteiger partial charge in [0.25, 0.3) is 11.7 Å². The predicted molar refractivity (Wildman–Crippen MR) is 107 cm³/mol. The molecule has 2 aromatic rings. The first kappa shape index (κ1) is 18.7. The van der Waals surface area contributed by atoms with Crippen LogP contribution in [0.2, 0.25) is 0 Å². The number of benzene rings is 1. The van der Waals surface area contributed by atoms with Crippen molar-refractivity contribution >= 4 is 28.5 Å². The van der Waals surface area contributed by atoms with Crippen molar-refractivity contribution < 1.29 is 14.4 Å². The number of hydrogen-bond acceptors (Lipinski definition) is 3. The maximum atomic E-state index is 12.9. The number of piperidine rings is 1. The van der Waals surface area contributed by atoms with E-state index < -0.39 is 11.7 Å². The molecule has 28 heavy (non-hydrogen) atoms. The lowest BCUT2D eigenvalue weighted by atomic mass is 9.99. The second-order valence-corrected chi connectivity index (χ2v) is 8.08. The molecular formula is C22H27N3O3. The Morgan fingerprint density at radius 2 is 1.64 bits per heavy atom. The molecule has 2 aliphatic rings. The number of fused-ring (bicyclic) bond motifs is 1. The standard InChI is InChI=1S/C22H27N3O3/c1-16-8-12-23(13-9-16)20(26)15-25-14-18(17-6-2-3-7-19(17)25)21(27)22(28)24-10-4-5-11-24/h2-3,6-7,14,16H,4-5,8-13,15H2,1H3. The minimum atomic E-state index is -0.476. The largest absolute Gasteiger partial charge is 0.341 e. The van der Waals surface area contributed by atoms with E-state index in [1.165, 1.54) is 0 Å². The Morgan fingerprint density at radius 3 is 2.36 bits per heavy atom. The second kappa shape index (κ2) is 7.78. The molecule has 4 rings (SSSR count). The minimum absolute atomic E-state index is 0.0671. The van der Waals surface area contributed by atoms with Crippen LogP contribution in [0.1, 0.15) is 43.0 Å². The molecule has 1 aromatic heterocycles. The molecule has 2 amide bonds. The van der Waals surface area contributed by atoms with E-state index >= 15 is 0 Å². The summed E-state index contributed by atoms with van der Waals surface area (Å²) in [4.78, 5) is 41.8. The van der Waals surface area contributed by atoms with Gasteiger partial charge in [-0.3, -0.25) is 14.4 Å². The zero-order valence-corrected chi connectivity index (χ0v) is 16.4. The van der Waals surface area contributed by atoms with Crippen LogP contribution >= 0.6 is 0 Å². The van der Waals surface area contributed by atoms with Crippen molar-refractivity contribution in [2.75, 3.05) is 26.2 Å². The van der Waals surface area contributed by atoms with E-state index in [-0.39, 0.29) is 12.5 Å². The smallest absolute Gasteiger partial charge is 0.295 e. The molecule has 2 saturated heterocycles. The first-order valence-electron chi connectivity index (χ1n) is 10.2. The zero-order valence-electron chi connectivity index (χ0n) is 16.4. The number of likely N-dealkylation sites (tertiary alicyclic amines) is 2. The first-order valence-corrected chi connectivity index (χ1v) is 10.2. The fourth-order valence-corrected chi connectivity index (χ4v) is 4.24. The van der Waals surface area contributed by atoms with Crippen LogP contribution in [0.15, 0.2) is 30.5 Å². The molecule has 0 radical (unpaired) electrons. The van der Waals surface area contributed by atoms with Gasteiger partial charge in [-0.2, -0.15) is 0 Å². The van der Waals surface area contributed by atoms with Gasteiger partial charge in [0.15, 0.2) is 0 Å². The highest BCUT2D eigenvalue weighted by Gasteiger charge is 2.28. The van der Waals surface area contributed by atoms with Crippen LogP contribution in [-0.2, 0) is 16.1 Å². The number of para-hydroxylation sites is 1. The number of carbonyl (C=O) groups excluding carboxylic acids is 3. The van der Waals surface area contributed by atoms with E-state index in [1.807, 2.05) is 33.7 Å². The van der Waals surface area contributed by atoms with Gasteiger partial charge in [-0.15, -0.1) is 0 Å². The normalized spacial score (nSPS) is 18.0. The Bertz CT molecular complexity index is 903. The first-order chi connectivity index (χ1) is 13.5. The summed E-state index contributed by atoms with van der Waals surface area (Å²) in [5.74, 6) is -0.178. The third kappa shape index (κ3) is 3.55. The van der Waals surface area contributed by atoms with Crippen molar-refractivity contribution in [2.45, 2.75) is 39.2 Å². The number of amides is 2. The quantitative estimate of drug-likeness (QED) is 0.604. The molecule has 6 nitrogen and oxygen atoms in total. The summed E-state index contributed by atoms with van der Waals surface area (Å²) in [5, 5.41) is 0.736. The molecule has 1 aromatic carbocycles. The van der Waals surface area contributed by atoms with Crippen LogP contribution < -0.4 is 0 Å². The molecule has 3 heterocycles. The van der Waals surface area contributed by atoms with Crippen LogP contribution in [-0.4, -0.2) is 58.1 Å². The van der Waals surface area contributed by atoms with Crippen molar-refractivity contribution in [3.05, 3.63) is 36.0 Å². The molecule has 0 bridgehead atoms. The van der Waals surface area contributed by atoms with Crippen LogP contribution in [0.4, 0.5) is 0 Å². The maximum absolute atomic E-state index is 12.9. The second-order valence-electron chi connectivity index (χ2n) is 8.08. The van der Waals surface area contributed by atoms with Gasteiger partial charge >= 0.3 is 0 Å². The monoisotopic (exact) mass is 381 g/mol. The third-order valence-corrected chi connectivity index (χ3v) is 6.06. The van der Waals surface area contributed by atoms with Gasteiger partial charge in [0, 0.05) is 43.3 Å². The van der Waals surface area contributed by atoms with E-state index in [2.05, 4.69) is 6.92 Å². The fourth-order valence-electron chi connectivity index (χ4n) is 4.24. The summed E-state index contributed by atoms with van der Waals surface area (Å²) in [7, 11) is 0. The van der Waals surface area contributed by atoms with Gasteiger partial charge in [0.05, 0.1) is 5.56 Å². The summed E-state index contributed by atoms with van der Waals surface area (Å²) in [5.41, 5.74) is 1.21. The van der Waals surface area contributed by atoms with Crippen molar-refractivity contribution in [3.63, 3.8) is 0 Å². The average Bonchev–Trinajstić information content (AvgIpc) is 3.36. The van der Waals surface area contributed by atoms with Crippen LogP contribution in [0, 0.1) is 5.92 Å². The summed E-state index contributed by atoms with van der Waals surface area (Å²) in [6, 6.07) is 7.50. The lowest BCUT2D eigenvalue weighted by Crippen LogP contribution is -2.39. The van der Waals surface area contributed by atoms with Crippen LogP contribution in [0.3, 0.4) is 0 Å². The van der Waals surface area contributed by atoms with Gasteiger partial charge in [-0.25, -0.2) is 0 Å².